The van der Waals surface area contributed by atoms with Gasteiger partial charge < -0.3 is 9.80 Å². The number of benzene rings is 11. The van der Waals surface area contributed by atoms with Crippen molar-refractivity contribution in [2.45, 2.75) is 31.1 Å². The second-order valence-electron chi connectivity index (χ2n) is 19.4. The van der Waals surface area contributed by atoms with Gasteiger partial charge in [-0.3, -0.25) is 0 Å². The molecule has 0 spiro atoms. The van der Waals surface area contributed by atoms with E-state index in [9.17, 15) is 0 Å². The zero-order valence-electron chi connectivity index (χ0n) is 39.5. The molecule has 2 nitrogen and oxygen atoms in total. The summed E-state index contributed by atoms with van der Waals surface area (Å²) < 4.78 is 0. The number of fused-ring (bicyclic) bond motifs is 9. The first-order valence-electron chi connectivity index (χ1n) is 25.2. The van der Waals surface area contributed by atoms with Crippen molar-refractivity contribution in [1.29, 1.82) is 0 Å². The molecule has 0 bridgehead atoms. The van der Waals surface area contributed by atoms with Gasteiger partial charge in [0.1, 0.15) is 0 Å². The predicted molar refractivity (Wildman–Crippen MR) is 298 cm³/mol. The molecule has 11 aromatic rings. The first-order valence-corrected chi connectivity index (χ1v) is 25.2. The largest absolute Gasteiger partial charge is 0.310 e. The van der Waals surface area contributed by atoms with Crippen molar-refractivity contribution in [3.63, 3.8) is 0 Å². The molecule has 0 saturated heterocycles. The second-order valence-corrected chi connectivity index (χ2v) is 19.4. The molecule has 71 heavy (non-hydrogen) atoms. The highest BCUT2D eigenvalue weighted by atomic mass is 15.2. The molecule has 0 radical (unpaired) electrons. The lowest BCUT2D eigenvalue weighted by Gasteiger charge is -2.35. The summed E-state index contributed by atoms with van der Waals surface area (Å²) in [6.07, 6.45) is 8.75. The van der Waals surface area contributed by atoms with E-state index in [2.05, 4.69) is 265 Å². The van der Waals surface area contributed by atoms with Gasteiger partial charge in [-0.15, -0.1) is 0 Å². The van der Waals surface area contributed by atoms with Gasteiger partial charge in [0.2, 0.25) is 0 Å². The molecule has 336 valence electrons. The predicted octanol–water partition coefficient (Wildman–Crippen LogP) is 17.7. The topological polar surface area (TPSA) is 6.48 Å². The van der Waals surface area contributed by atoms with E-state index in [1.54, 1.807) is 0 Å². The highest BCUT2D eigenvalue weighted by Gasteiger charge is 2.46. The summed E-state index contributed by atoms with van der Waals surface area (Å²) in [4.78, 5) is 5.07. The van der Waals surface area contributed by atoms with Crippen molar-refractivity contribution in [3.05, 3.63) is 298 Å². The van der Waals surface area contributed by atoms with E-state index in [1.165, 1.54) is 117 Å². The fraction of sp³-hybridized carbons (Fsp3) is 0.0725. The molecule has 11 aromatic carbocycles. The van der Waals surface area contributed by atoms with Crippen LogP contribution in [0.3, 0.4) is 0 Å². The van der Waals surface area contributed by atoms with Crippen LogP contribution in [0.5, 0.6) is 0 Å². The van der Waals surface area contributed by atoms with Gasteiger partial charge >= 0.3 is 0 Å². The van der Waals surface area contributed by atoms with Crippen molar-refractivity contribution < 1.29 is 0 Å². The molecule has 0 saturated carbocycles. The minimum Gasteiger partial charge on any atom is -0.310 e. The first-order chi connectivity index (χ1) is 35.2. The average Bonchev–Trinajstić information content (AvgIpc) is 3.51. The Bertz CT molecular complexity index is 3710. The Morgan fingerprint density at radius 2 is 0.718 bits per heavy atom. The van der Waals surface area contributed by atoms with E-state index in [1.807, 2.05) is 0 Å². The molecule has 2 heterocycles. The van der Waals surface area contributed by atoms with E-state index in [0.29, 0.717) is 0 Å². The average molecular weight is 907 g/mol. The number of hydrogen-bond acceptors (Lipinski definition) is 2. The molecule has 0 aromatic heterocycles. The van der Waals surface area contributed by atoms with Gasteiger partial charge in [-0.1, -0.05) is 212 Å². The Morgan fingerprint density at radius 3 is 1.21 bits per heavy atom. The van der Waals surface area contributed by atoms with Gasteiger partial charge in [-0.2, -0.15) is 0 Å². The van der Waals surface area contributed by atoms with Crippen LogP contribution >= 0.6 is 0 Å². The third kappa shape index (κ3) is 6.48. The number of aryl methyl sites for hydroxylation is 4. The Balaban J connectivity index is 0.963. The van der Waals surface area contributed by atoms with Crippen molar-refractivity contribution in [3.8, 4) is 11.1 Å². The van der Waals surface area contributed by atoms with Crippen molar-refractivity contribution in [2.24, 2.45) is 0 Å². The van der Waals surface area contributed by atoms with Crippen LogP contribution < -0.4 is 9.80 Å². The quantitative estimate of drug-likeness (QED) is 0.121. The molecule has 0 fully saturated rings. The maximum atomic E-state index is 2.55. The van der Waals surface area contributed by atoms with Gasteiger partial charge in [-0.05, 0) is 146 Å². The molecular weight excluding hydrogens is 857 g/mol. The SMILES string of the molecule is C(=Cc1c2ccccc2c(N2c3ccccc3CCc3ccccc32)c2ccccc12)c1ccc2c(c1)C(c1ccccc1)(c1ccccc1)c1cc(N3c4ccccc4CCc4ccccc43)ccc1-2. The van der Waals surface area contributed by atoms with Crippen LogP contribution in [0.1, 0.15) is 55.6 Å². The van der Waals surface area contributed by atoms with Crippen LogP contribution in [-0.2, 0) is 31.1 Å². The fourth-order valence-electron chi connectivity index (χ4n) is 12.6. The van der Waals surface area contributed by atoms with Crippen LogP contribution in [-0.4, -0.2) is 0 Å². The highest BCUT2D eigenvalue weighted by Crippen LogP contribution is 2.58. The Kier molecular flexibility index (Phi) is 9.74. The maximum absolute atomic E-state index is 2.55. The monoisotopic (exact) mass is 906 g/mol. The summed E-state index contributed by atoms with van der Waals surface area (Å²) in [5, 5.41) is 4.94. The normalized spacial score (nSPS) is 14.3. The van der Waals surface area contributed by atoms with Crippen molar-refractivity contribution >= 4 is 67.8 Å². The second kappa shape index (κ2) is 16.8. The lowest BCUT2D eigenvalue weighted by atomic mass is 9.67. The summed E-state index contributed by atoms with van der Waals surface area (Å²) in [6.45, 7) is 0. The zero-order valence-corrected chi connectivity index (χ0v) is 39.5. The molecule has 1 aliphatic carbocycles. The number of nitrogens with zero attached hydrogens (tertiary/aromatic N) is 2. The third-order valence-corrected chi connectivity index (χ3v) is 15.7. The molecule has 0 amide bonds. The minimum atomic E-state index is -0.585. The van der Waals surface area contributed by atoms with Gasteiger partial charge in [0.15, 0.2) is 0 Å². The number of rotatable bonds is 6. The Labute approximate surface area is 416 Å². The van der Waals surface area contributed by atoms with E-state index < -0.39 is 5.41 Å². The van der Waals surface area contributed by atoms with Crippen LogP contribution in [0.15, 0.2) is 243 Å². The van der Waals surface area contributed by atoms with Crippen LogP contribution in [0.25, 0.3) is 44.8 Å². The van der Waals surface area contributed by atoms with Gasteiger partial charge in [0, 0.05) is 39.2 Å². The molecule has 0 N–H and O–H groups in total. The minimum absolute atomic E-state index is 0.585. The lowest BCUT2D eigenvalue weighted by molar-refractivity contribution is 0.768. The molecular formula is C69H50N2. The number of para-hydroxylation sites is 4. The molecule has 0 atom stereocenters. The van der Waals surface area contributed by atoms with Crippen molar-refractivity contribution in [2.75, 3.05) is 9.80 Å². The molecule has 0 unspecified atom stereocenters. The van der Waals surface area contributed by atoms with Gasteiger partial charge in [-0.25, -0.2) is 0 Å². The molecule has 3 aliphatic rings. The van der Waals surface area contributed by atoms with E-state index in [-0.39, 0.29) is 0 Å². The summed E-state index contributed by atoms with van der Waals surface area (Å²) in [5.74, 6) is 0. The Hall–Kier alpha value is -8.72. The van der Waals surface area contributed by atoms with Crippen LogP contribution in [0, 0.1) is 0 Å². The van der Waals surface area contributed by atoms with Gasteiger partial charge in [0.05, 0.1) is 11.1 Å². The van der Waals surface area contributed by atoms with E-state index in [4.69, 9.17) is 0 Å². The van der Waals surface area contributed by atoms with E-state index >= 15 is 0 Å². The molecule has 2 aliphatic heterocycles. The smallest absolute Gasteiger partial charge is 0.0714 e. The summed E-state index contributed by atoms with van der Waals surface area (Å²) >= 11 is 0. The third-order valence-electron chi connectivity index (χ3n) is 15.7. The highest BCUT2D eigenvalue weighted by molar-refractivity contribution is 6.19. The fourth-order valence-corrected chi connectivity index (χ4v) is 12.6. The standard InChI is InChI=1S/C69H50N2/c1-3-23-52(24-4-1)69(53-25-5-2-6-26-53)62-45-47(36-43-58(62)59-44-41-54(46-63(59)69)70-64-31-15-7-19-48(64)37-38-49-20-8-16-32-65(49)70)35-42-57-55-27-11-13-29-60(55)68(61-30-14-12-28-56(57)61)71-66-33-17-9-21-50(66)39-40-51-22-10-18-34-67(51)71/h1-36,41-46H,37-40H2. The molecule has 2 heteroatoms. The van der Waals surface area contributed by atoms with Crippen molar-refractivity contribution in [1.82, 2.24) is 0 Å². The summed E-state index contributed by atoms with van der Waals surface area (Å²) in [5.41, 5.74) is 22.3. The summed E-state index contributed by atoms with van der Waals surface area (Å²) in [7, 11) is 0. The number of anilines is 6. The van der Waals surface area contributed by atoms with E-state index in [0.717, 1.165) is 31.2 Å². The Morgan fingerprint density at radius 1 is 0.324 bits per heavy atom. The molecule has 14 rings (SSSR count). The maximum Gasteiger partial charge on any atom is 0.0714 e. The van der Waals surface area contributed by atoms with Crippen LogP contribution in [0.4, 0.5) is 34.1 Å². The first kappa shape index (κ1) is 41.3. The van der Waals surface area contributed by atoms with Crippen LogP contribution in [0.2, 0.25) is 0 Å². The zero-order chi connectivity index (χ0) is 46.9. The summed E-state index contributed by atoms with van der Waals surface area (Å²) in [6, 6.07) is 90.8. The lowest BCUT2D eigenvalue weighted by Crippen LogP contribution is -2.29. The van der Waals surface area contributed by atoms with Gasteiger partial charge in [0.25, 0.3) is 0 Å². The number of hydrogen-bond donors (Lipinski definition) is 0.